The molecule has 0 fully saturated rings. The van der Waals surface area contributed by atoms with Crippen molar-refractivity contribution in [1.29, 1.82) is 0 Å². The van der Waals surface area contributed by atoms with Gasteiger partial charge in [0, 0.05) is 25.0 Å². The molecule has 0 unspecified atom stereocenters. The smallest absolute Gasteiger partial charge is 0.238 e. The summed E-state index contributed by atoms with van der Waals surface area (Å²) in [6.45, 7) is 1.40. The molecule has 0 bridgehead atoms. The third-order valence-corrected chi connectivity index (χ3v) is 2.83. The second kappa shape index (κ2) is 4.53. The third-order valence-electron chi connectivity index (χ3n) is 2.83. The van der Waals surface area contributed by atoms with Crippen LogP contribution in [0.1, 0.15) is 5.56 Å². The molecule has 2 rings (SSSR count). The fourth-order valence-corrected chi connectivity index (χ4v) is 2.01. The van der Waals surface area contributed by atoms with Crippen LogP contribution in [0, 0.1) is 0 Å². The molecule has 16 heavy (non-hydrogen) atoms. The highest BCUT2D eigenvalue weighted by atomic mass is 16.1. The summed E-state index contributed by atoms with van der Waals surface area (Å²) < 4.78 is 0. The van der Waals surface area contributed by atoms with Crippen LogP contribution in [-0.2, 0) is 11.2 Å². The lowest BCUT2D eigenvalue weighted by atomic mass is 10.1. The Balaban J connectivity index is 2.10. The van der Waals surface area contributed by atoms with Gasteiger partial charge in [0.2, 0.25) is 5.91 Å². The highest BCUT2D eigenvalue weighted by Gasteiger charge is 2.15. The van der Waals surface area contributed by atoms with Crippen LogP contribution in [0.25, 0.3) is 0 Å². The van der Waals surface area contributed by atoms with Gasteiger partial charge in [0.05, 0.1) is 6.54 Å². The SMILES string of the molecule is CNCC(=O)Nc1ccc2c(c1)CCN2C. The van der Waals surface area contributed by atoms with Gasteiger partial charge in [0.15, 0.2) is 0 Å². The Labute approximate surface area is 95.6 Å². The Morgan fingerprint density at radius 1 is 1.50 bits per heavy atom. The van der Waals surface area contributed by atoms with Crippen molar-refractivity contribution in [1.82, 2.24) is 5.32 Å². The fraction of sp³-hybridized carbons (Fsp3) is 0.417. The van der Waals surface area contributed by atoms with E-state index < -0.39 is 0 Å². The predicted molar refractivity (Wildman–Crippen MR) is 66.0 cm³/mol. The molecule has 1 aliphatic heterocycles. The van der Waals surface area contributed by atoms with E-state index in [1.807, 2.05) is 6.07 Å². The van der Waals surface area contributed by atoms with E-state index in [2.05, 4.69) is 34.7 Å². The first-order valence-corrected chi connectivity index (χ1v) is 5.49. The quantitative estimate of drug-likeness (QED) is 0.791. The number of carbonyl (C=O) groups is 1. The highest BCUT2D eigenvalue weighted by molar-refractivity contribution is 5.92. The standard InChI is InChI=1S/C12H17N3O/c1-13-8-12(16)14-10-3-4-11-9(7-10)5-6-15(11)2/h3-4,7,13H,5-6,8H2,1-2H3,(H,14,16). The van der Waals surface area contributed by atoms with Crippen molar-refractivity contribution in [3.8, 4) is 0 Å². The van der Waals surface area contributed by atoms with E-state index in [-0.39, 0.29) is 5.91 Å². The molecule has 0 saturated heterocycles. The Bertz CT molecular complexity index is 403. The lowest BCUT2D eigenvalue weighted by molar-refractivity contribution is -0.115. The first-order valence-electron chi connectivity index (χ1n) is 5.49. The minimum atomic E-state index is -0.00574. The predicted octanol–water partition coefficient (Wildman–Crippen LogP) is 0.837. The molecule has 2 N–H and O–H groups in total. The van der Waals surface area contributed by atoms with Crippen LogP contribution >= 0.6 is 0 Å². The van der Waals surface area contributed by atoms with E-state index in [4.69, 9.17) is 0 Å². The van der Waals surface area contributed by atoms with Crippen LogP contribution in [0.4, 0.5) is 11.4 Å². The van der Waals surface area contributed by atoms with Crippen LogP contribution in [0.2, 0.25) is 0 Å². The average molecular weight is 219 g/mol. The van der Waals surface area contributed by atoms with Gasteiger partial charge in [-0.05, 0) is 37.2 Å². The Kier molecular flexibility index (Phi) is 3.10. The van der Waals surface area contributed by atoms with Crippen molar-refractivity contribution in [2.24, 2.45) is 0 Å². The van der Waals surface area contributed by atoms with E-state index in [1.54, 1.807) is 7.05 Å². The number of fused-ring (bicyclic) bond motifs is 1. The minimum Gasteiger partial charge on any atom is -0.374 e. The maximum Gasteiger partial charge on any atom is 0.238 e. The second-order valence-corrected chi connectivity index (χ2v) is 4.09. The number of anilines is 2. The van der Waals surface area contributed by atoms with Gasteiger partial charge in [0.1, 0.15) is 0 Å². The lowest BCUT2D eigenvalue weighted by Crippen LogP contribution is -2.25. The van der Waals surface area contributed by atoms with Crippen molar-refractivity contribution < 1.29 is 4.79 Å². The number of nitrogens with one attached hydrogen (secondary N) is 2. The molecule has 0 aliphatic carbocycles. The van der Waals surface area contributed by atoms with Gasteiger partial charge < -0.3 is 15.5 Å². The normalized spacial score (nSPS) is 13.8. The summed E-state index contributed by atoms with van der Waals surface area (Å²) >= 11 is 0. The van der Waals surface area contributed by atoms with E-state index in [0.717, 1.165) is 18.7 Å². The molecule has 1 amide bonds. The monoisotopic (exact) mass is 219 g/mol. The highest BCUT2D eigenvalue weighted by Crippen LogP contribution is 2.28. The van der Waals surface area contributed by atoms with Crippen molar-refractivity contribution in [2.75, 3.05) is 37.4 Å². The summed E-state index contributed by atoms with van der Waals surface area (Å²) in [5.74, 6) is -0.00574. The number of rotatable bonds is 3. The van der Waals surface area contributed by atoms with Gasteiger partial charge in [-0.3, -0.25) is 4.79 Å². The molecule has 0 saturated carbocycles. The van der Waals surface area contributed by atoms with Crippen LogP contribution in [0.3, 0.4) is 0 Å². The molecule has 1 aromatic carbocycles. The van der Waals surface area contributed by atoms with E-state index in [9.17, 15) is 4.79 Å². The summed E-state index contributed by atoms with van der Waals surface area (Å²) in [6.07, 6.45) is 1.06. The van der Waals surface area contributed by atoms with E-state index in [1.165, 1.54) is 11.3 Å². The Morgan fingerprint density at radius 2 is 2.31 bits per heavy atom. The van der Waals surface area contributed by atoms with Crippen molar-refractivity contribution >= 4 is 17.3 Å². The van der Waals surface area contributed by atoms with Crippen LogP contribution in [0.15, 0.2) is 18.2 Å². The average Bonchev–Trinajstić information content (AvgIpc) is 2.60. The van der Waals surface area contributed by atoms with Crippen molar-refractivity contribution in [2.45, 2.75) is 6.42 Å². The molecule has 4 nitrogen and oxygen atoms in total. The number of hydrogen-bond acceptors (Lipinski definition) is 3. The van der Waals surface area contributed by atoms with Crippen molar-refractivity contribution in [3.63, 3.8) is 0 Å². The number of carbonyl (C=O) groups excluding carboxylic acids is 1. The summed E-state index contributed by atoms with van der Waals surface area (Å²) in [6, 6.07) is 6.08. The molecule has 0 aromatic heterocycles. The van der Waals surface area contributed by atoms with Gasteiger partial charge >= 0.3 is 0 Å². The summed E-state index contributed by atoms with van der Waals surface area (Å²) in [5.41, 5.74) is 3.46. The summed E-state index contributed by atoms with van der Waals surface area (Å²) in [4.78, 5) is 13.6. The fourth-order valence-electron chi connectivity index (χ4n) is 2.01. The number of hydrogen-bond donors (Lipinski definition) is 2. The molecule has 1 aromatic rings. The van der Waals surface area contributed by atoms with Gasteiger partial charge in [-0.2, -0.15) is 0 Å². The largest absolute Gasteiger partial charge is 0.374 e. The summed E-state index contributed by atoms with van der Waals surface area (Å²) in [5, 5.41) is 5.69. The molecule has 1 aliphatic rings. The van der Waals surface area contributed by atoms with Gasteiger partial charge in [-0.25, -0.2) is 0 Å². The molecule has 0 radical (unpaired) electrons. The molecular weight excluding hydrogens is 202 g/mol. The lowest BCUT2D eigenvalue weighted by Gasteiger charge is -2.12. The van der Waals surface area contributed by atoms with Crippen molar-refractivity contribution in [3.05, 3.63) is 23.8 Å². The summed E-state index contributed by atoms with van der Waals surface area (Å²) in [7, 11) is 3.85. The Hall–Kier alpha value is -1.55. The van der Waals surface area contributed by atoms with Gasteiger partial charge in [0.25, 0.3) is 0 Å². The first-order chi connectivity index (χ1) is 7.70. The molecule has 1 heterocycles. The number of likely N-dealkylation sites (N-methyl/N-ethyl adjacent to an activating group) is 2. The van der Waals surface area contributed by atoms with E-state index in [0.29, 0.717) is 6.54 Å². The first kappa shape index (κ1) is 11.0. The molecular formula is C12H17N3O. The van der Waals surface area contributed by atoms with Gasteiger partial charge in [-0.15, -0.1) is 0 Å². The zero-order valence-corrected chi connectivity index (χ0v) is 9.71. The van der Waals surface area contributed by atoms with Crippen LogP contribution in [0.5, 0.6) is 0 Å². The minimum absolute atomic E-state index is 0.00574. The van der Waals surface area contributed by atoms with Gasteiger partial charge in [-0.1, -0.05) is 0 Å². The maximum atomic E-state index is 11.4. The van der Waals surface area contributed by atoms with Crippen LogP contribution < -0.4 is 15.5 Å². The molecule has 0 spiro atoms. The number of amides is 1. The molecule has 0 atom stereocenters. The number of nitrogens with zero attached hydrogens (tertiary/aromatic N) is 1. The third kappa shape index (κ3) is 2.17. The van der Waals surface area contributed by atoms with Crippen LogP contribution in [-0.4, -0.2) is 33.1 Å². The maximum absolute atomic E-state index is 11.4. The molecule has 86 valence electrons. The number of benzene rings is 1. The van der Waals surface area contributed by atoms with E-state index >= 15 is 0 Å². The second-order valence-electron chi connectivity index (χ2n) is 4.09. The molecule has 4 heteroatoms. The Morgan fingerprint density at radius 3 is 3.06 bits per heavy atom. The topological polar surface area (TPSA) is 44.4 Å². The zero-order valence-electron chi connectivity index (χ0n) is 9.71. The zero-order chi connectivity index (χ0) is 11.5.